The molecule has 0 unspecified atom stereocenters. The monoisotopic (exact) mass is 268 g/mol. The molecule has 0 aliphatic heterocycles. The fraction of sp³-hybridized carbons (Fsp3) is 0.278. The van der Waals surface area contributed by atoms with E-state index in [4.69, 9.17) is 4.74 Å². The van der Waals surface area contributed by atoms with Crippen molar-refractivity contribution < 1.29 is 9.53 Å². The first-order chi connectivity index (χ1) is 9.43. The predicted molar refractivity (Wildman–Crippen MR) is 81.8 cm³/mol. The first-order valence-electron chi connectivity index (χ1n) is 6.71. The van der Waals surface area contributed by atoms with Gasteiger partial charge in [-0.1, -0.05) is 12.1 Å². The summed E-state index contributed by atoms with van der Waals surface area (Å²) in [5.41, 5.74) is 5.73. The van der Waals surface area contributed by atoms with Crippen molar-refractivity contribution in [1.29, 1.82) is 0 Å². The van der Waals surface area contributed by atoms with E-state index in [-0.39, 0.29) is 5.78 Å². The zero-order valence-corrected chi connectivity index (χ0v) is 12.7. The second-order valence-electron chi connectivity index (χ2n) is 5.26. The third kappa shape index (κ3) is 2.60. The molecule has 2 heteroatoms. The molecule has 0 atom stereocenters. The van der Waals surface area contributed by atoms with E-state index in [1.165, 1.54) is 5.56 Å². The number of carbonyl (C=O) groups is 1. The molecule has 0 heterocycles. The molecule has 20 heavy (non-hydrogen) atoms. The minimum Gasteiger partial charge on any atom is -0.496 e. The summed E-state index contributed by atoms with van der Waals surface area (Å²) >= 11 is 0. The molecule has 0 amide bonds. The highest BCUT2D eigenvalue weighted by Gasteiger charge is 2.14. The van der Waals surface area contributed by atoms with Gasteiger partial charge in [0.1, 0.15) is 5.75 Å². The van der Waals surface area contributed by atoms with Crippen LogP contribution in [0.5, 0.6) is 5.75 Å². The highest BCUT2D eigenvalue weighted by Crippen LogP contribution is 2.25. The van der Waals surface area contributed by atoms with Gasteiger partial charge in [0.25, 0.3) is 0 Å². The fourth-order valence-corrected chi connectivity index (χ4v) is 2.29. The third-order valence-corrected chi connectivity index (χ3v) is 3.76. The molecule has 0 fully saturated rings. The maximum atomic E-state index is 12.6. The molecule has 2 nitrogen and oxygen atoms in total. The van der Waals surface area contributed by atoms with Gasteiger partial charge in [-0.05, 0) is 68.1 Å². The van der Waals surface area contributed by atoms with Crippen molar-refractivity contribution in [3.05, 3.63) is 63.7 Å². The van der Waals surface area contributed by atoms with Gasteiger partial charge in [-0.3, -0.25) is 4.79 Å². The molecule has 104 valence electrons. The number of ether oxygens (including phenoxy) is 1. The van der Waals surface area contributed by atoms with Gasteiger partial charge < -0.3 is 4.74 Å². The molecule has 2 aromatic rings. The lowest BCUT2D eigenvalue weighted by molar-refractivity contribution is 0.103. The zero-order chi connectivity index (χ0) is 14.9. The topological polar surface area (TPSA) is 26.3 Å². The number of carbonyl (C=O) groups excluding carboxylic acids is 1. The zero-order valence-electron chi connectivity index (χ0n) is 12.7. The van der Waals surface area contributed by atoms with Crippen LogP contribution in [-0.4, -0.2) is 12.9 Å². The second kappa shape index (κ2) is 5.49. The average Bonchev–Trinajstić information content (AvgIpc) is 2.43. The Morgan fingerprint density at radius 3 is 2.15 bits per heavy atom. The van der Waals surface area contributed by atoms with Crippen LogP contribution in [0.2, 0.25) is 0 Å². The van der Waals surface area contributed by atoms with Crippen LogP contribution in [0.1, 0.15) is 38.2 Å². The second-order valence-corrected chi connectivity index (χ2v) is 5.26. The molecular weight excluding hydrogens is 248 g/mol. The van der Waals surface area contributed by atoms with Gasteiger partial charge in [-0.2, -0.15) is 0 Å². The number of hydrogen-bond acceptors (Lipinski definition) is 2. The third-order valence-electron chi connectivity index (χ3n) is 3.76. The highest BCUT2D eigenvalue weighted by molar-refractivity contribution is 6.10. The molecule has 0 saturated heterocycles. The van der Waals surface area contributed by atoms with Crippen LogP contribution >= 0.6 is 0 Å². The lowest BCUT2D eigenvalue weighted by Gasteiger charge is -2.11. The van der Waals surface area contributed by atoms with Gasteiger partial charge in [-0.25, -0.2) is 0 Å². The number of benzene rings is 2. The predicted octanol–water partition coefficient (Wildman–Crippen LogP) is 4.16. The Kier molecular flexibility index (Phi) is 3.93. The molecule has 0 spiro atoms. The average molecular weight is 268 g/mol. The van der Waals surface area contributed by atoms with Gasteiger partial charge >= 0.3 is 0 Å². The van der Waals surface area contributed by atoms with Crippen LogP contribution in [0.15, 0.2) is 30.3 Å². The number of aryl methyl sites for hydroxylation is 4. The van der Waals surface area contributed by atoms with Crippen LogP contribution < -0.4 is 4.74 Å². The lowest BCUT2D eigenvalue weighted by atomic mass is 9.95. The van der Waals surface area contributed by atoms with Crippen LogP contribution in [0.4, 0.5) is 0 Å². The minimum atomic E-state index is 0.0661. The molecule has 0 N–H and O–H groups in total. The molecule has 0 aliphatic rings. The molecule has 2 aromatic carbocycles. The van der Waals surface area contributed by atoms with Crippen LogP contribution in [0.25, 0.3) is 0 Å². The Bertz CT molecular complexity index is 669. The fourth-order valence-electron chi connectivity index (χ4n) is 2.29. The molecule has 0 bridgehead atoms. The first kappa shape index (κ1) is 14.3. The van der Waals surface area contributed by atoms with Crippen molar-refractivity contribution in [2.75, 3.05) is 7.11 Å². The lowest BCUT2D eigenvalue weighted by Crippen LogP contribution is -2.05. The van der Waals surface area contributed by atoms with E-state index in [0.29, 0.717) is 0 Å². The van der Waals surface area contributed by atoms with Crippen LogP contribution in [0.3, 0.4) is 0 Å². The number of hydrogen-bond donors (Lipinski definition) is 0. The summed E-state index contributed by atoms with van der Waals surface area (Å²) in [6.07, 6.45) is 0. The summed E-state index contributed by atoms with van der Waals surface area (Å²) in [6, 6.07) is 9.67. The van der Waals surface area contributed by atoms with Crippen molar-refractivity contribution in [1.82, 2.24) is 0 Å². The van der Waals surface area contributed by atoms with Crippen molar-refractivity contribution in [3.8, 4) is 5.75 Å². The molecule has 0 aliphatic carbocycles. The summed E-state index contributed by atoms with van der Waals surface area (Å²) in [7, 11) is 1.65. The van der Waals surface area contributed by atoms with Gasteiger partial charge in [0.05, 0.1) is 7.11 Å². The smallest absolute Gasteiger partial charge is 0.193 e. The molecule has 0 saturated carbocycles. The Hall–Kier alpha value is -2.09. The van der Waals surface area contributed by atoms with Crippen molar-refractivity contribution >= 4 is 5.78 Å². The Labute approximate surface area is 120 Å². The maximum Gasteiger partial charge on any atom is 0.193 e. The Balaban J connectivity index is 2.48. The first-order valence-corrected chi connectivity index (χ1v) is 6.71. The van der Waals surface area contributed by atoms with Gasteiger partial charge in [0.2, 0.25) is 0 Å². The summed E-state index contributed by atoms with van der Waals surface area (Å²) < 4.78 is 5.29. The molecular formula is C18H20O2. The van der Waals surface area contributed by atoms with E-state index in [1.54, 1.807) is 7.11 Å². The van der Waals surface area contributed by atoms with Crippen molar-refractivity contribution in [2.45, 2.75) is 27.7 Å². The molecule has 0 radical (unpaired) electrons. The minimum absolute atomic E-state index is 0.0661. The van der Waals surface area contributed by atoms with Gasteiger partial charge in [0, 0.05) is 11.1 Å². The van der Waals surface area contributed by atoms with E-state index >= 15 is 0 Å². The summed E-state index contributed by atoms with van der Waals surface area (Å²) in [4.78, 5) is 12.6. The normalized spacial score (nSPS) is 10.4. The van der Waals surface area contributed by atoms with Gasteiger partial charge in [0.15, 0.2) is 5.78 Å². The standard InChI is InChI=1S/C18H20O2/c1-11-6-7-15(8-12(11)2)18(19)16-9-14(4)17(20-5)10-13(16)3/h6-10H,1-5H3. The quantitative estimate of drug-likeness (QED) is 0.781. The van der Waals surface area contributed by atoms with Crippen LogP contribution in [0, 0.1) is 27.7 Å². The summed E-state index contributed by atoms with van der Waals surface area (Å²) in [5.74, 6) is 0.885. The Morgan fingerprint density at radius 1 is 0.850 bits per heavy atom. The van der Waals surface area contributed by atoms with E-state index in [9.17, 15) is 4.79 Å². The number of methoxy groups -OCH3 is 1. The SMILES string of the molecule is COc1cc(C)c(C(=O)c2ccc(C)c(C)c2)cc1C. The van der Waals surface area contributed by atoms with Crippen molar-refractivity contribution in [2.24, 2.45) is 0 Å². The van der Waals surface area contributed by atoms with Crippen molar-refractivity contribution in [3.63, 3.8) is 0 Å². The number of ketones is 1. The maximum absolute atomic E-state index is 12.6. The van der Waals surface area contributed by atoms with Crippen LogP contribution in [-0.2, 0) is 0 Å². The summed E-state index contributed by atoms with van der Waals surface area (Å²) in [5, 5.41) is 0. The van der Waals surface area contributed by atoms with E-state index in [2.05, 4.69) is 0 Å². The molecule has 2 rings (SSSR count). The van der Waals surface area contributed by atoms with Gasteiger partial charge in [-0.15, -0.1) is 0 Å². The number of rotatable bonds is 3. The summed E-state index contributed by atoms with van der Waals surface area (Å²) in [6.45, 7) is 7.97. The Morgan fingerprint density at radius 2 is 1.55 bits per heavy atom. The van der Waals surface area contributed by atoms with E-state index < -0.39 is 0 Å². The highest BCUT2D eigenvalue weighted by atomic mass is 16.5. The van der Waals surface area contributed by atoms with E-state index in [1.807, 2.05) is 58.0 Å². The largest absolute Gasteiger partial charge is 0.496 e. The van der Waals surface area contributed by atoms with E-state index in [0.717, 1.165) is 33.6 Å². The molecule has 0 aromatic heterocycles.